The van der Waals surface area contributed by atoms with Crippen molar-refractivity contribution in [1.82, 2.24) is 0 Å². The molecule has 0 radical (unpaired) electrons. The molecular weight excluding hydrogens is 364 g/mol. The predicted molar refractivity (Wildman–Crippen MR) is 120 cm³/mol. The van der Waals surface area contributed by atoms with Gasteiger partial charge in [0, 0.05) is 13.7 Å². The number of hydrogen-bond donors (Lipinski definition) is 1. The van der Waals surface area contributed by atoms with Gasteiger partial charge in [-0.2, -0.15) is 0 Å². The molecule has 0 amide bonds. The first kappa shape index (κ1) is 25.3. The third kappa shape index (κ3) is 14.9. The number of allylic oxidation sites excluding steroid dienone is 4. The van der Waals surface area contributed by atoms with Crippen LogP contribution < -0.4 is 0 Å². The van der Waals surface area contributed by atoms with Gasteiger partial charge >= 0.3 is 0 Å². The van der Waals surface area contributed by atoms with E-state index in [1.165, 1.54) is 5.56 Å². The van der Waals surface area contributed by atoms with Gasteiger partial charge in [-0.05, 0) is 51.0 Å². The normalized spacial score (nSPS) is 13.6. The predicted octanol–water partition coefficient (Wildman–Crippen LogP) is 5.58. The summed E-state index contributed by atoms with van der Waals surface area (Å²) in [5.74, 6) is 0. The molecule has 0 saturated carbocycles. The zero-order valence-corrected chi connectivity index (χ0v) is 18.1. The Labute approximate surface area is 176 Å². The van der Waals surface area contributed by atoms with Gasteiger partial charge in [-0.15, -0.1) is 0 Å². The molecule has 0 aromatic heterocycles. The molecule has 0 bridgehead atoms. The largest absolute Gasteiger partial charge is 0.392 e. The minimum absolute atomic E-state index is 0.0498. The second-order valence-corrected chi connectivity index (χ2v) is 7.10. The standard InChI is InChI=1S/C25H38O4/c1-23(20-26)14-11-12-18-25(29-22-27-2)17-10-5-3-4-6-13-19-28-21-24-15-8-7-9-16-24/h3,5,7-10,14-17,25-26H,4,6,11-13,18-22H2,1-2H3/b5-3+,17-10+,23-14+. The molecule has 4 nitrogen and oxygen atoms in total. The zero-order chi connectivity index (χ0) is 21.0. The van der Waals surface area contributed by atoms with Gasteiger partial charge in [0.2, 0.25) is 0 Å². The lowest BCUT2D eigenvalue weighted by Gasteiger charge is -2.12. The van der Waals surface area contributed by atoms with E-state index in [-0.39, 0.29) is 12.7 Å². The van der Waals surface area contributed by atoms with E-state index in [2.05, 4.69) is 42.5 Å². The summed E-state index contributed by atoms with van der Waals surface area (Å²) in [6.45, 7) is 3.87. The van der Waals surface area contributed by atoms with Gasteiger partial charge < -0.3 is 19.3 Å². The lowest BCUT2D eigenvalue weighted by molar-refractivity contribution is -0.0578. The second kappa shape index (κ2) is 18.3. The maximum absolute atomic E-state index is 9.02. The lowest BCUT2D eigenvalue weighted by Crippen LogP contribution is -2.11. The Hall–Kier alpha value is -1.72. The van der Waals surface area contributed by atoms with E-state index >= 15 is 0 Å². The van der Waals surface area contributed by atoms with Gasteiger partial charge in [-0.3, -0.25) is 0 Å². The molecule has 162 valence electrons. The summed E-state index contributed by atoms with van der Waals surface area (Å²) in [4.78, 5) is 0. The monoisotopic (exact) mass is 402 g/mol. The summed E-state index contributed by atoms with van der Waals surface area (Å²) in [6, 6.07) is 10.3. The summed E-state index contributed by atoms with van der Waals surface area (Å²) in [5.41, 5.74) is 2.24. The number of benzene rings is 1. The highest BCUT2D eigenvalue weighted by atomic mass is 16.7. The highest BCUT2D eigenvalue weighted by Crippen LogP contribution is 2.09. The molecule has 4 heteroatoms. The van der Waals surface area contributed by atoms with Crippen LogP contribution in [0.15, 0.2) is 66.3 Å². The molecule has 1 rings (SSSR count). The molecule has 1 N–H and O–H groups in total. The van der Waals surface area contributed by atoms with Gasteiger partial charge in [0.15, 0.2) is 0 Å². The molecule has 1 unspecified atom stereocenters. The number of aliphatic hydroxyl groups is 1. The smallest absolute Gasteiger partial charge is 0.147 e. The number of ether oxygens (including phenoxy) is 3. The molecule has 0 heterocycles. The number of unbranched alkanes of at least 4 members (excludes halogenated alkanes) is 3. The minimum atomic E-state index is 0.0498. The SMILES string of the molecule is COCOC(/C=C/C=C/CCCCOCc1ccccc1)CCC/C=C(\C)CO. The fraction of sp³-hybridized carbons (Fsp3) is 0.520. The summed E-state index contributed by atoms with van der Waals surface area (Å²) in [7, 11) is 1.64. The van der Waals surface area contributed by atoms with E-state index in [1.54, 1.807) is 7.11 Å². The number of aliphatic hydroxyl groups excluding tert-OH is 1. The van der Waals surface area contributed by atoms with Crippen molar-refractivity contribution in [3.63, 3.8) is 0 Å². The van der Waals surface area contributed by atoms with E-state index in [4.69, 9.17) is 19.3 Å². The molecular formula is C25H38O4. The highest BCUT2D eigenvalue weighted by Gasteiger charge is 2.03. The molecule has 0 fully saturated rings. The van der Waals surface area contributed by atoms with Crippen LogP contribution in [0.25, 0.3) is 0 Å². The van der Waals surface area contributed by atoms with Crippen molar-refractivity contribution in [2.75, 3.05) is 27.1 Å². The van der Waals surface area contributed by atoms with Gasteiger partial charge in [-0.1, -0.05) is 66.3 Å². The fourth-order valence-corrected chi connectivity index (χ4v) is 2.72. The second-order valence-electron chi connectivity index (χ2n) is 7.10. The first-order valence-corrected chi connectivity index (χ1v) is 10.6. The lowest BCUT2D eigenvalue weighted by atomic mass is 10.1. The topological polar surface area (TPSA) is 47.9 Å². The zero-order valence-electron chi connectivity index (χ0n) is 18.1. The summed E-state index contributed by atoms with van der Waals surface area (Å²) in [6.07, 6.45) is 16.7. The molecule has 1 aromatic carbocycles. The maximum atomic E-state index is 9.02. The molecule has 29 heavy (non-hydrogen) atoms. The Bertz CT molecular complexity index is 578. The van der Waals surface area contributed by atoms with Gasteiger partial charge in [0.1, 0.15) is 6.79 Å². The van der Waals surface area contributed by atoms with Crippen LogP contribution in [-0.2, 0) is 20.8 Å². The molecule has 0 spiro atoms. The van der Waals surface area contributed by atoms with E-state index < -0.39 is 0 Å². The van der Waals surface area contributed by atoms with Gasteiger partial charge in [-0.25, -0.2) is 0 Å². The molecule has 1 atom stereocenters. The van der Waals surface area contributed by atoms with Crippen molar-refractivity contribution in [2.24, 2.45) is 0 Å². The van der Waals surface area contributed by atoms with E-state index in [0.717, 1.165) is 50.7 Å². The minimum Gasteiger partial charge on any atom is -0.392 e. The maximum Gasteiger partial charge on any atom is 0.147 e. The Morgan fingerprint density at radius 3 is 2.66 bits per heavy atom. The van der Waals surface area contributed by atoms with E-state index in [0.29, 0.717) is 13.4 Å². The van der Waals surface area contributed by atoms with Crippen LogP contribution in [0.4, 0.5) is 0 Å². The van der Waals surface area contributed by atoms with Crippen molar-refractivity contribution in [1.29, 1.82) is 0 Å². The van der Waals surface area contributed by atoms with E-state index in [9.17, 15) is 0 Å². The molecule has 1 aromatic rings. The average molecular weight is 403 g/mol. The van der Waals surface area contributed by atoms with Crippen molar-refractivity contribution in [3.8, 4) is 0 Å². The van der Waals surface area contributed by atoms with Gasteiger partial charge in [0.25, 0.3) is 0 Å². The van der Waals surface area contributed by atoms with Crippen LogP contribution in [0, 0.1) is 0 Å². The van der Waals surface area contributed by atoms with E-state index in [1.807, 2.05) is 25.1 Å². The van der Waals surface area contributed by atoms with Crippen LogP contribution in [0.2, 0.25) is 0 Å². The van der Waals surface area contributed by atoms with Crippen LogP contribution in [0.3, 0.4) is 0 Å². The molecule has 0 aliphatic rings. The molecule has 0 aliphatic carbocycles. The third-order valence-corrected chi connectivity index (χ3v) is 4.43. The van der Waals surface area contributed by atoms with Crippen LogP contribution >= 0.6 is 0 Å². The Morgan fingerprint density at radius 1 is 1.07 bits per heavy atom. The summed E-state index contributed by atoms with van der Waals surface area (Å²) >= 11 is 0. The first-order valence-electron chi connectivity index (χ1n) is 10.6. The molecule has 0 aliphatic heterocycles. The number of hydrogen-bond acceptors (Lipinski definition) is 4. The van der Waals surface area contributed by atoms with Gasteiger partial charge in [0.05, 0.1) is 19.3 Å². The van der Waals surface area contributed by atoms with Crippen molar-refractivity contribution < 1.29 is 19.3 Å². The Kier molecular flexibility index (Phi) is 16.0. The van der Waals surface area contributed by atoms with Crippen LogP contribution in [-0.4, -0.2) is 38.3 Å². The van der Waals surface area contributed by atoms with Crippen molar-refractivity contribution >= 4 is 0 Å². The quantitative estimate of drug-likeness (QED) is 0.160. The number of methoxy groups -OCH3 is 1. The Balaban J connectivity index is 2.13. The Morgan fingerprint density at radius 2 is 1.90 bits per heavy atom. The third-order valence-electron chi connectivity index (χ3n) is 4.43. The van der Waals surface area contributed by atoms with Crippen molar-refractivity contribution in [3.05, 3.63) is 71.8 Å². The number of rotatable bonds is 17. The fourth-order valence-electron chi connectivity index (χ4n) is 2.72. The molecule has 0 saturated heterocycles. The van der Waals surface area contributed by atoms with Crippen LogP contribution in [0.5, 0.6) is 0 Å². The highest BCUT2D eigenvalue weighted by molar-refractivity contribution is 5.13. The summed E-state index contributed by atoms with van der Waals surface area (Å²) < 4.78 is 16.4. The van der Waals surface area contributed by atoms with Crippen molar-refractivity contribution in [2.45, 2.75) is 58.2 Å². The summed E-state index contributed by atoms with van der Waals surface area (Å²) in [5, 5.41) is 9.02. The van der Waals surface area contributed by atoms with Crippen LogP contribution in [0.1, 0.15) is 51.0 Å². The average Bonchev–Trinajstić information content (AvgIpc) is 2.76. The first-order chi connectivity index (χ1) is 14.3.